The lowest BCUT2D eigenvalue weighted by Gasteiger charge is -2.32. The molecule has 0 bridgehead atoms. The highest BCUT2D eigenvalue weighted by atomic mass is 32.2. The second-order valence-electron chi connectivity index (χ2n) is 10.5. The van der Waals surface area contributed by atoms with Crippen molar-refractivity contribution in [3.8, 4) is 11.1 Å². The number of rotatable bonds is 6. The quantitative estimate of drug-likeness (QED) is 0.461. The summed E-state index contributed by atoms with van der Waals surface area (Å²) >= 11 is 0. The molecule has 186 valence electrons. The maximum absolute atomic E-state index is 13.0. The number of carbonyl (C=O) groups is 1. The van der Waals surface area contributed by atoms with E-state index >= 15 is 0 Å². The molecule has 2 aromatic heterocycles. The minimum atomic E-state index is -1.17. The third-order valence-corrected chi connectivity index (χ3v) is 8.42. The smallest absolute Gasteiger partial charge is 0.224 e. The Hall–Kier alpha value is -2.64. The molecule has 3 aromatic rings. The van der Waals surface area contributed by atoms with Crippen LogP contribution in [-0.4, -0.2) is 31.9 Å². The van der Waals surface area contributed by atoms with Gasteiger partial charge in [-0.15, -0.1) is 0 Å². The summed E-state index contributed by atoms with van der Waals surface area (Å²) in [7, 11) is 0.560. The van der Waals surface area contributed by atoms with Gasteiger partial charge in [0.15, 0.2) is 0 Å². The summed E-state index contributed by atoms with van der Waals surface area (Å²) in [6, 6.07) is 14.3. The summed E-state index contributed by atoms with van der Waals surface area (Å²) in [5.74, 6) is 1.00. The fourth-order valence-corrected chi connectivity index (χ4v) is 5.49. The highest BCUT2D eigenvalue weighted by Gasteiger charge is 2.31. The Morgan fingerprint density at radius 1 is 1.06 bits per heavy atom. The fourth-order valence-electron chi connectivity index (χ4n) is 4.59. The molecule has 1 amide bonds. The van der Waals surface area contributed by atoms with Crippen LogP contribution in [0.15, 0.2) is 48.7 Å². The number of fused-ring (bicyclic) bond motifs is 1. The third-order valence-electron chi connectivity index (χ3n) is 6.84. The van der Waals surface area contributed by atoms with Crippen LogP contribution in [0.3, 0.4) is 0 Å². The molecule has 1 aliphatic carbocycles. The SMILES string of the molecule is CC(=O)N(C)c1cc(-c2ccc3nc(C(NS(=O)C(C)(C)C)C4CCCCC4)ccc3c2)ccn1. The molecule has 2 heterocycles. The number of carbonyl (C=O) groups excluding carboxylic acids is 1. The molecule has 6 nitrogen and oxygen atoms in total. The Balaban J connectivity index is 1.66. The molecule has 7 heteroatoms. The van der Waals surface area contributed by atoms with Crippen molar-refractivity contribution < 1.29 is 9.00 Å². The first-order valence-corrected chi connectivity index (χ1v) is 13.6. The number of benzene rings is 1. The molecule has 0 spiro atoms. The van der Waals surface area contributed by atoms with Crippen LogP contribution in [0, 0.1) is 5.92 Å². The Kier molecular flexibility index (Phi) is 7.67. The standard InChI is InChI=1S/C28H36N4O2S/c1-19(33)32(5)26-18-22(15-16-29-26)21-11-13-24-23(17-21)12-14-25(30-24)27(20-9-7-6-8-10-20)31-35(34)28(2,3)4/h11-18,20,27,31H,6-10H2,1-5H3. The van der Waals surface area contributed by atoms with Gasteiger partial charge >= 0.3 is 0 Å². The first-order chi connectivity index (χ1) is 16.6. The van der Waals surface area contributed by atoms with Gasteiger partial charge in [0, 0.05) is 25.6 Å². The van der Waals surface area contributed by atoms with E-state index in [1.165, 1.54) is 31.1 Å². The van der Waals surface area contributed by atoms with Crippen molar-refractivity contribution >= 4 is 33.6 Å². The lowest BCUT2D eigenvalue weighted by Crippen LogP contribution is -2.39. The molecule has 0 saturated heterocycles. The highest BCUT2D eigenvalue weighted by Crippen LogP contribution is 2.36. The van der Waals surface area contributed by atoms with Crippen LogP contribution >= 0.6 is 0 Å². The van der Waals surface area contributed by atoms with Gasteiger partial charge in [0.25, 0.3) is 0 Å². The van der Waals surface area contributed by atoms with Crippen molar-refractivity contribution in [3.05, 3.63) is 54.4 Å². The van der Waals surface area contributed by atoms with Crippen LogP contribution in [-0.2, 0) is 15.8 Å². The van der Waals surface area contributed by atoms with Crippen molar-refractivity contribution in [1.29, 1.82) is 0 Å². The summed E-state index contributed by atoms with van der Waals surface area (Å²) in [5.41, 5.74) is 3.93. The van der Waals surface area contributed by atoms with Gasteiger partial charge in [0.1, 0.15) is 5.82 Å². The molecule has 35 heavy (non-hydrogen) atoms. The van der Waals surface area contributed by atoms with Crippen molar-refractivity contribution in [2.24, 2.45) is 5.92 Å². The molecule has 2 atom stereocenters. The molecular weight excluding hydrogens is 456 g/mol. The first-order valence-electron chi connectivity index (χ1n) is 12.4. The number of hydrogen-bond donors (Lipinski definition) is 1. The highest BCUT2D eigenvalue weighted by molar-refractivity contribution is 7.84. The maximum atomic E-state index is 13.0. The summed E-state index contributed by atoms with van der Waals surface area (Å²) in [6.07, 6.45) is 7.71. The molecule has 1 fully saturated rings. The number of nitrogens with zero attached hydrogens (tertiary/aromatic N) is 3. The van der Waals surface area contributed by atoms with E-state index in [1.54, 1.807) is 13.2 Å². The topological polar surface area (TPSA) is 75.2 Å². The van der Waals surface area contributed by atoms with Gasteiger partial charge in [0.2, 0.25) is 5.91 Å². The maximum Gasteiger partial charge on any atom is 0.224 e. The molecule has 1 N–H and O–H groups in total. The zero-order chi connectivity index (χ0) is 25.2. The monoisotopic (exact) mass is 492 g/mol. The zero-order valence-electron chi connectivity index (χ0n) is 21.4. The van der Waals surface area contributed by atoms with Crippen molar-refractivity contribution in [2.45, 2.75) is 70.6 Å². The van der Waals surface area contributed by atoms with Crippen LogP contribution in [0.4, 0.5) is 5.82 Å². The Morgan fingerprint density at radius 2 is 1.77 bits per heavy atom. The lowest BCUT2D eigenvalue weighted by atomic mass is 9.83. The van der Waals surface area contributed by atoms with E-state index in [-0.39, 0.29) is 16.7 Å². The van der Waals surface area contributed by atoms with E-state index < -0.39 is 11.0 Å². The first kappa shape index (κ1) is 25.5. The van der Waals surface area contributed by atoms with Crippen LogP contribution in [0.5, 0.6) is 0 Å². The van der Waals surface area contributed by atoms with Gasteiger partial charge in [-0.1, -0.05) is 31.4 Å². The summed E-state index contributed by atoms with van der Waals surface area (Å²) < 4.78 is 16.1. The number of nitrogens with one attached hydrogen (secondary N) is 1. The number of amides is 1. The molecule has 1 saturated carbocycles. The van der Waals surface area contributed by atoms with E-state index in [0.29, 0.717) is 11.7 Å². The molecule has 1 aliphatic rings. The summed E-state index contributed by atoms with van der Waals surface area (Å²) in [5, 5.41) is 1.05. The predicted octanol–water partition coefficient (Wildman–Crippen LogP) is 5.95. The predicted molar refractivity (Wildman–Crippen MR) is 144 cm³/mol. The second kappa shape index (κ2) is 10.5. The minimum Gasteiger partial charge on any atom is -0.300 e. The Labute approximate surface area is 211 Å². The summed E-state index contributed by atoms with van der Waals surface area (Å²) in [4.78, 5) is 22.6. The van der Waals surface area contributed by atoms with E-state index in [0.717, 1.165) is 40.6 Å². The molecule has 1 aromatic carbocycles. The van der Waals surface area contributed by atoms with Gasteiger partial charge in [-0.05, 0) is 81.0 Å². The average Bonchev–Trinajstić information content (AvgIpc) is 2.86. The van der Waals surface area contributed by atoms with E-state index in [9.17, 15) is 9.00 Å². The van der Waals surface area contributed by atoms with Crippen molar-refractivity contribution in [3.63, 3.8) is 0 Å². The van der Waals surface area contributed by atoms with Crippen molar-refractivity contribution in [1.82, 2.24) is 14.7 Å². The van der Waals surface area contributed by atoms with Gasteiger partial charge in [-0.25, -0.2) is 13.9 Å². The van der Waals surface area contributed by atoms with Crippen molar-refractivity contribution in [2.75, 3.05) is 11.9 Å². The number of pyridine rings is 2. The molecule has 2 unspecified atom stereocenters. The van der Waals surface area contributed by atoms with Crippen LogP contribution in [0.25, 0.3) is 22.0 Å². The molecule has 0 radical (unpaired) electrons. The van der Waals surface area contributed by atoms with Crippen LogP contribution in [0.1, 0.15) is 71.5 Å². The van der Waals surface area contributed by atoms with Crippen LogP contribution < -0.4 is 9.62 Å². The molecular formula is C28H36N4O2S. The van der Waals surface area contributed by atoms with E-state index in [1.807, 2.05) is 39.0 Å². The average molecular weight is 493 g/mol. The van der Waals surface area contributed by atoms with Gasteiger partial charge in [-0.3, -0.25) is 9.78 Å². The minimum absolute atomic E-state index is 0.0238. The normalized spacial score (nSPS) is 16.7. The van der Waals surface area contributed by atoms with Crippen LogP contribution in [0.2, 0.25) is 0 Å². The van der Waals surface area contributed by atoms with E-state index in [4.69, 9.17) is 4.98 Å². The number of hydrogen-bond acceptors (Lipinski definition) is 4. The third kappa shape index (κ3) is 5.96. The molecule has 0 aliphatic heterocycles. The number of aromatic nitrogens is 2. The second-order valence-corrected chi connectivity index (χ2v) is 12.5. The largest absolute Gasteiger partial charge is 0.300 e. The fraction of sp³-hybridized carbons (Fsp3) is 0.464. The van der Waals surface area contributed by atoms with Gasteiger partial charge < -0.3 is 4.90 Å². The van der Waals surface area contributed by atoms with E-state index in [2.05, 4.69) is 34.0 Å². The Morgan fingerprint density at radius 3 is 2.46 bits per heavy atom. The molecule has 4 rings (SSSR count). The van der Waals surface area contributed by atoms with Gasteiger partial charge in [0.05, 0.1) is 33.0 Å². The zero-order valence-corrected chi connectivity index (χ0v) is 22.2. The number of anilines is 1. The lowest BCUT2D eigenvalue weighted by molar-refractivity contribution is -0.116. The van der Waals surface area contributed by atoms with Gasteiger partial charge in [-0.2, -0.15) is 0 Å². The Bertz CT molecular complexity index is 1230. The summed E-state index contributed by atoms with van der Waals surface area (Å²) in [6.45, 7) is 7.53.